The molecule has 0 saturated carbocycles. The van der Waals surface area contributed by atoms with Crippen LogP contribution in [0.5, 0.6) is 5.75 Å². The van der Waals surface area contributed by atoms with E-state index in [2.05, 4.69) is 37.2 Å². The van der Waals surface area contributed by atoms with E-state index >= 15 is 0 Å². The van der Waals surface area contributed by atoms with Gasteiger partial charge in [0.2, 0.25) is 5.95 Å². The Morgan fingerprint density at radius 3 is 2.50 bits per heavy atom. The summed E-state index contributed by atoms with van der Waals surface area (Å²) in [6.07, 6.45) is 6.99. The van der Waals surface area contributed by atoms with E-state index < -0.39 is 0 Å². The Balaban J connectivity index is 1.34. The Labute approximate surface area is 189 Å². The van der Waals surface area contributed by atoms with E-state index in [4.69, 9.17) is 14.1 Å². The monoisotopic (exact) mass is 434 g/mol. The van der Waals surface area contributed by atoms with Crippen molar-refractivity contribution in [2.24, 2.45) is 4.99 Å². The molecule has 0 amide bonds. The number of nitrogens with zero attached hydrogens (tertiary/aromatic N) is 5. The second kappa shape index (κ2) is 11.2. The number of nitrogens with one attached hydrogen (secondary N) is 1. The molecular weight excluding hydrogens is 404 g/mol. The fraction of sp³-hybridized carbons (Fsp3) is 0.375. The molecule has 1 N–H and O–H groups in total. The van der Waals surface area contributed by atoms with Crippen molar-refractivity contribution in [3.8, 4) is 5.75 Å². The van der Waals surface area contributed by atoms with Crippen LogP contribution in [-0.2, 0) is 12.8 Å². The van der Waals surface area contributed by atoms with Crippen LogP contribution in [0.1, 0.15) is 11.3 Å². The molecule has 1 fully saturated rings. The Morgan fingerprint density at radius 1 is 1.03 bits per heavy atom. The highest BCUT2D eigenvalue weighted by atomic mass is 16.5. The summed E-state index contributed by atoms with van der Waals surface area (Å²) in [5.41, 5.74) is 1.26. The largest absolute Gasteiger partial charge is 0.497 e. The molecule has 3 heterocycles. The van der Waals surface area contributed by atoms with E-state index in [0.717, 1.165) is 69.0 Å². The molecule has 0 atom stereocenters. The molecule has 8 heteroatoms. The molecule has 0 unspecified atom stereocenters. The molecule has 0 bridgehead atoms. The first-order chi connectivity index (χ1) is 15.8. The van der Waals surface area contributed by atoms with Crippen molar-refractivity contribution in [2.75, 3.05) is 51.3 Å². The van der Waals surface area contributed by atoms with Gasteiger partial charge in [0, 0.05) is 58.1 Å². The third-order valence-electron chi connectivity index (χ3n) is 5.47. The lowest BCUT2D eigenvalue weighted by atomic mass is 10.1. The van der Waals surface area contributed by atoms with Gasteiger partial charge in [0.05, 0.1) is 13.4 Å². The number of hydrogen-bond donors (Lipinski definition) is 1. The number of guanidine groups is 1. The number of benzene rings is 1. The Bertz CT molecular complexity index is 952. The highest BCUT2D eigenvalue weighted by Crippen LogP contribution is 2.12. The molecule has 1 saturated heterocycles. The third-order valence-corrected chi connectivity index (χ3v) is 5.47. The molecule has 1 aromatic carbocycles. The first-order valence-electron chi connectivity index (χ1n) is 11.0. The lowest BCUT2D eigenvalue weighted by molar-refractivity contribution is 0.369. The van der Waals surface area contributed by atoms with E-state index in [1.807, 2.05) is 30.3 Å². The topological polar surface area (TPSA) is 79.0 Å². The van der Waals surface area contributed by atoms with Crippen LogP contribution < -0.4 is 15.0 Å². The summed E-state index contributed by atoms with van der Waals surface area (Å²) in [5.74, 6) is 3.56. The second-order valence-corrected chi connectivity index (χ2v) is 7.58. The molecule has 168 valence electrons. The van der Waals surface area contributed by atoms with Gasteiger partial charge < -0.3 is 24.3 Å². The first kappa shape index (κ1) is 21.7. The number of hydrogen-bond acceptors (Lipinski definition) is 6. The van der Waals surface area contributed by atoms with Gasteiger partial charge >= 0.3 is 0 Å². The zero-order chi connectivity index (χ0) is 22.0. The molecular formula is C24H30N6O2. The van der Waals surface area contributed by atoms with Crippen molar-refractivity contribution in [3.05, 3.63) is 72.4 Å². The summed E-state index contributed by atoms with van der Waals surface area (Å²) >= 11 is 0. The van der Waals surface area contributed by atoms with Gasteiger partial charge in [-0.15, -0.1) is 0 Å². The van der Waals surface area contributed by atoms with Crippen molar-refractivity contribution in [3.63, 3.8) is 0 Å². The predicted octanol–water partition coefficient (Wildman–Crippen LogP) is 2.63. The Hall–Kier alpha value is -3.55. The van der Waals surface area contributed by atoms with E-state index in [0.29, 0.717) is 6.54 Å². The highest BCUT2D eigenvalue weighted by molar-refractivity contribution is 5.80. The molecule has 2 aromatic heterocycles. The Kier molecular flexibility index (Phi) is 7.57. The second-order valence-electron chi connectivity index (χ2n) is 7.58. The average molecular weight is 435 g/mol. The van der Waals surface area contributed by atoms with Gasteiger partial charge in [-0.2, -0.15) is 0 Å². The summed E-state index contributed by atoms with van der Waals surface area (Å²) in [5, 5.41) is 3.57. The highest BCUT2D eigenvalue weighted by Gasteiger charge is 2.21. The summed E-state index contributed by atoms with van der Waals surface area (Å²) in [6, 6.07) is 14.0. The van der Waals surface area contributed by atoms with E-state index in [1.54, 1.807) is 25.8 Å². The third kappa shape index (κ3) is 6.00. The molecule has 0 spiro atoms. The fourth-order valence-corrected chi connectivity index (χ4v) is 3.68. The number of aromatic nitrogens is 2. The van der Waals surface area contributed by atoms with Gasteiger partial charge in [-0.3, -0.25) is 4.99 Å². The number of rotatable bonds is 8. The van der Waals surface area contributed by atoms with Crippen LogP contribution >= 0.6 is 0 Å². The van der Waals surface area contributed by atoms with Crippen molar-refractivity contribution < 1.29 is 9.15 Å². The van der Waals surface area contributed by atoms with Crippen LogP contribution in [0.2, 0.25) is 0 Å². The van der Waals surface area contributed by atoms with Crippen molar-refractivity contribution >= 4 is 11.9 Å². The van der Waals surface area contributed by atoms with Gasteiger partial charge in [0.15, 0.2) is 5.96 Å². The molecule has 1 aliphatic heterocycles. The van der Waals surface area contributed by atoms with E-state index in [-0.39, 0.29) is 0 Å². The number of furan rings is 1. The molecule has 0 aliphatic carbocycles. The van der Waals surface area contributed by atoms with Gasteiger partial charge in [-0.05, 0) is 42.3 Å². The van der Waals surface area contributed by atoms with Gasteiger partial charge in [-0.1, -0.05) is 12.1 Å². The van der Waals surface area contributed by atoms with Crippen molar-refractivity contribution in [1.82, 2.24) is 20.2 Å². The zero-order valence-electron chi connectivity index (χ0n) is 18.5. The molecule has 4 rings (SSSR count). The van der Waals surface area contributed by atoms with Gasteiger partial charge in [0.1, 0.15) is 11.5 Å². The molecule has 8 nitrogen and oxygen atoms in total. The number of aliphatic imine (C=N–C) groups is 1. The number of ether oxygens (including phenoxy) is 1. The van der Waals surface area contributed by atoms with E-state index in [1.165, 1.54) is 5.56 Å². The number of piperazine rings is 1. The van der Waals surface area contributed by atoms with Crippen LogP contribution in [0.15, 0.2) is 70.5 Å². The summed E-state index contributed by atoms with van der Waals surface area (Å²) < 4.78 is 10.7. The van der Waals surface area contributed by atoms with Crippen molar-refractivity contribution in [1.29, 1.82) is 0 Å². The standard InChI is InChI=1S/C24H30N6O2/c1-31-21-7-5-20(6-8-21)9-13-27-24(28-14-10-22-4-2-19-32-22)30-17-15-29(16-18-30)23-25-11-3-12-26-23/h2-8,11-12,19H,9-10,13-18H2,1H3,(H,27,28). The van der Waals surface area contributed by atoms with Gasteiger partial charge in [-0.25, -0.2) is 9.97 Å². The van der Waals surface area contributed by atoms with Crippen LogP contribution in [0, 0.1) is 0 Å². The molecule has 1 aliphatic rings. The van der Waals surface area contributed by atoms with Crippen LogP contribution in [0.3, 0.4) is 0 Å². The smallest absolute Gasteiger partial charge is 0.225 e. The van der Waals surface area contributed by atoms with Crippen molar-refractivity contribution in [2.45, 2.75) is 12.8 Å². The predicted molar refractivity (Wildman–Crippen MR) is 125 cm³/mol. The SMILES string of the molecule is COc1ccc(CCNC(=NCCc2ccco2)N2CCN(c3ncccn3)CC2)cc1. The van der Waals surface area contributed by atoms with E-state index in [9.17, 15) is 0 Å². The first-order valence-corrected chi connectivity index (χ1v) is 11.0. The molecule has 3 aromatic rings. The number of methoxy groups -OCH3 is 1. The maximum absolute atomic E-state index is 5.45. The molecule has 32 heavy (non-hydrogen) atoms. The van der Waals surface area contributed by atoms with Gasteiger partial charge in [0.25, 0.3) is 0 Å². The van der Waals surface area contributed by atoms with Crippen LogP contribution in [-0.4, -0.2) is 67.2 Å². The summed E-state index contributed by atoms with van der Waals surface area (Å²) in [4.78, 5) is 18.2. The van der Waals surface area contributed by atoms with Crippen LogP contribution in [0.4, 0.5) is 5.95 Å². The minimum Gasteiger partial charge on any atom is -0.497 e. The quantitative estimate of drug-likeness (QED) is 0.431. The maximum Gasteiger partial charge on any atom is 0.225 e. The minimum absolute atomic E-state index is 0.681. The lowest BCUT2D eigenvalue weighted by Crippen LogP contribution is -2.53. The number of anilines is 1. The van der Waals surface area contributed by atoms with Crippen LogP contribution in [0.25, 0.3) is 0 Å². The Morgan fingerprint density at radius 2 is 1.81 bits per heavy atom. The fourth-order valence-electron chi connectivity index (χ4n) is 3.68. The molecule has 0 radical (unpaired) electrons. The summed E-state index contributed by atoms with van der Waals surface area (Å²) in [6.45, 7) is 4.96. The minimum atomic E-state index is 0.681. The lowest BCUT2D eigenvalue weighted by Gasteiger charge is -2.36. The zero-order valence-corrected chi connectivity index (χ0v) is 18.5. The average Bonchev–Trinajstić information content (AvgIpc) is 3.38. The maximum atomic E-state index is 5.45. The normalized spacial score (nSPS) is 14.5. The summed E-state index contributed by atoms with van der Waals surface area (Å²) in [7, 11) is 1.69.